The number of anilines is 2. The lowest BCUT2D eigenvalue weighted by molar-refractivity contribution is -0.0435. The number of rotatable bonds is 6. The molecule has 0 aromatic carbocycles. The molecule has 0 N–H and O–H groups in total. The van der Waals surface area contributed by atoms with Crippen molar-refractivity contribution in [3.8, 4) is 6.07 Å². The number of methoxy groups -OCH3 is 1. The third-order valence-electron chi connectivity index (χ3n) is 7.84. The van der Waals surface area contributed by atoms with Crippen molar-refractivity contribution in [3.05, 3.63) is 53.7 Å². The molecule has 6 rings (SSSR count). The van der Waals surface area contributed by atoms with Gasteiger partial charge < -0.3 is 19.3 Å². The fourth-order valence-electron chi connectivity index (χ4n) is 5.90. The molecule has 3 unspecified atom stereocenters. The third kappa shape index (κ3) is 4.63. The van der Waals surface area contributed by atoms with Crippen molar-refractivity contribution < 1.29 is 13.9 Å². The Morgan fingerprint density at radius 3 is 2.70 bits per heavy atom. The first-order chi connectivity index (χ1) is 18.0. The minimum Gasteiger partial charge on any atom is -0.380 e. The van der Waals surface area contributed by atoms with Crippen LogP contribution in [0.2, 0.25) is 0 Å². The molecule has 3 aliphatic rings. The van der Waals surface area contributed by atoms with Crippen molar-refractivity contribution >= 4 is 17.0 Å². The van der Waals surface area contributed by atoms with E-state index in [9.17, 15) is 9.65 Å². The Morgan fingerprint density at radius 2 is 1.97 bits per heavy atom. The zero-order valence-corrected chi connectivity index (χ0v) is 21.3. The lowest BCUT2D eigenvalue weighted by Crippen LogP contribution is -2.55. The number of morpholine rings is 1. The highest BCUT2D eigenvalue weighted by Gasteiger charge is 2.34. The molecule has 0 saturated carbocycles. The second-order valence-corrected chi connectivity index (χ2v) is 10.4. The van der Waals surface area contributed by atoms with Gasteiger partial charge in [-0.2, -0.15) is 10.4 Å². The first-order valence-electron chi connectivity index (χ1n) is 12.9. The summed E-state index contributed by atoms with van der Waals surface area (Å²) in [5, 5.41) is 13.4. The number of nitriles is 1. The molecule has 3 saturated heterocycles. The predicted molar refractivity (Wildman–Crippen MR) is 137 cm³/mol. The van der Waals surface area contributed by atoms with Gasteiger partial charge in [0.1, 0.15) is 23.1 Å². The number of pyridine rings is 2. The molecule has 194 valence electrons. The Hall–Kier alpha value is -3.26. The normalized spacial score (nSPS) is 25.0. The lowest BCUT2D eigenvalue weighted by atomic mass is 9.92. The molecule has 6 heterocycles. The summed E-state index contributed by atoms with van der Waals surface area (Å²) in [7, 11) is 1.77. The van der Waals surface area contributed by atoms with Crippen LogP contribution in [-0.4, -0.2) is 90.7 Å². The fraction of sp³-hybridized carbons (Fsp3) is 0.519. The van der Waals surface area contributed by atoms with Gasteiger partial charge in [0.2, 0.25) is 0 Å². The van der Waals surface area contributed by atoms with Crippen LogP contribution >= 0.6 is 0 Å². The van der Waals surface area contributed by atoms with Crippen molar-refractivity contribution in [2.45, 2.75) is 37.6 Å². The number of hydrogen-bond acceptors (Lipinski definition) is 8. The van der Waals surface area contributed by atoms with E-state index in [1.165, 1.54) is 16.3 Å². The molecule has 37 heavy (non-hydrogen) atoms. The molecule has 0 bridgehead atoms. The van der Waals surface area contributed by atoms with Gasteiger partial charge in [-0.3, -0.25) is 4.90 Å². The zero-order chi connectivity index (χ0) is 25.5. The van der Waals surface area contributed by atoms with Crippen molar-refractivity contribution in [1.29, 1.82) is 5.26 Å². The van der Waals surface area contributed by atoms with Crippen LogP contribution in [-0.2, 0) is 9.47 Å². The van der Waals surface area contributed by atoms with E-state index in [4.69, 9.17) is 14.5 Å². The number of halogens is 1. The topological polar surface area (TPSA) is 82.2 Å². The number of likely N-dealkylation sites (tertiary alicyclic amines) is 1. The van der Waals surface area contributed by atoms with Crippen molar-refractivity contribution in [3.63, 3.8) is 0 Å². The summed E-state index contributed by atoms with van der Waals surface area (Å²) in [4.78, 5) is 11.6. The van der Waals surface area contributed by atoms with Crippen LogP contribution in [0.3, 0.4) is 0 Å². The highest BCUT2D eigenvalue weighted by atomic mass is 19.1. The van der Waals surface area contributed by atoms with E-state index >= 15 is 0 Å². The van der Waals surface area contributed by atoms with Gasteiger partial charge in [0, 0.05) is 65.0 Å². The Balaban J connectivity index is 1.07. The Bertz CT molecular complexity index is 1300. The molecule has 3 aromatic rings. The van der Waals surface area contributed by atoms with E-state index in [0.717, 1.165) is 50.6 Å². The second-order valence-electron chi connectivity index (χ2n) is 10.4. The van der Waals surface area contributed by atoms with E-state index in [0.29, 0.717) is 36.3 Å². The summed E-state index contributed by atoms with van der Waals surface area (Å²) >= 11 is 0. The maximum atomic E-state index is 14.6. The third-order valence-corrected chi connectivity index (χ3v) is 7.84. The van der Waals surface area contributed by atoms with E-state index in [1.807, 2.05) is 19.2 Å². The maximum Gasteiger partial charge on any atom is 0.171 e. The van der Waals surface area contributed by atoms with E-state index in [-0.39, 0.29) is 12.2 Å². The highest BCUT2D eigenvalue weighted by Crippen LogP contribution is 2.31. The molecule has 9 nitrogen and oxygen atoms in total. The number of nitrogens with zero attached hydrogens (tertiary/aromatic N) is 7. The van der Waals surface area contributed by atoms with Gasteiger partial charge in [-0.1, -0.05) is 6.07 Å². The number of hydrogen-bond donors (Lipinski definition) is 0. The number of ether oxygens (including phenoxy) is 2. The van der Waals surface area contributed by atoms with Gasteiger partial charge in [-0.05, 0) is 37.1 Å². The number of fused-ring (bicyclic) bond motifs is 1. The Labute approximate surface area is 216 Å². The molecular weight excluding hydrogens is 473 g/mol. The average molecular weight is 506 g/mol. The summed E-state index contributed by atoms with van der Waals surface area (Å²) < 4.78 is 27.8. The highest BCUT2D eigenvalue weighted by molar-refractivity contribution is 5.74. The van der Waals surface area contributed by atoms with Crippen LogP contribution in [0.15, 0.2) is 36.7 Å². The molecule has 0 radical (unpaired) electrons. The van der Waals surface area contributed by atoms with Crippen molar-refractivity contribution in [1.82, 2.24) is 19.5 Å². The molecule has 0 amide bonds. The minimum absolute atomic E-state index is 0.00998. The summed E-state index contributed by atoms with van der Waals surface area (Å²) in [5.41, 5.74) is 2.68. The molecule has 3 atom stereocenters. The molecular formula is C27H32FN7O2. The predicted octanol–water partition coefficient (Wildman–Crippen LogP) is 2.66. The van der Waals surface area contributed by atoms with Crippen LogP contribution in [0.1, 0.15) is 30.5 Å². The molecule has 3 aliphatic heterocycles. The monoisotopic (exact) mass is 505 g/mol. The Morgan fingerprint density at radius 1 is 1.11 bits per heavy atom. The van der Waals surface area contributed by atoms with E-state index in [2.05, 4.69) is 38.0 Å². The van der Waals surface area contributed by atoms with E-state index < -0.39 is 5.82 Å². The molecule has 0 spiro atoms. The van der Waals surface area contributed by atoms with Gasteiger partial charge in [0.15, 0.2) is 5.82 Å². The smallest absolute Gasteiger partial charge is 0.171 e. The van der Waals surface area contributed by atoms with E-state index in [1.54, 1.807) is 13.2 Å². The van der Waals surface area contributed by atoms with Crippen LogP contribution in [0, 0.1) is 17.1 Å². The van der Waals surface area contributed by atoms with Gasteiger partial charge >= 0.3 is 0 Å². The van der Waals surface area contributed by atoms with Crippen molar-refractivity contribution in [2.24, 2.45) is 0 Å². The molecule has 3 aromatic heterocycles. The maximum absolute atomic E-state index is 14.6. The van der Waals surface area contributed by atoms with Crippen LogP contribution in [0.4, 0.5) is 15.9 Å². The van der Waals surface area contributed by atoms with Gasteiger partial charge in [-0.25, -0.2) is 13.9 Å². The lowest BCUT2D eigenvalue weighted by Gasteiger charge is -2.45. The van der Waals surface area contributed by atoms with Crippen LogP contribution in [0.25, 0.3) is 5.52 Å². The second kappa shape index (κ2) is 9.89. The minimum atomic E-state index is -0.420. The Kier molecular flexibility index (Phi) is 6.44. The summed E-state index contributed by atoms with van der Waals surface area (Å²) in [6.45, 7) is 8.03. The first-order valence-corrected chi connectivity index (χ1v) is 12.9. The summed E-state index contributed by atoms with van der Waals surface area (Å²) in [6.07, 6.45) is 4.56. The quantitative estimate of drug-likeness (QED) is 0.506. The largest absolute Gasteiger partial charge is 0.380 e. The number of aromatic nitrogens is 3. The van der Waals surface area contributed by atoms with Crippen LogP contribution < -0.4 is 9.80 Å². The average Bonchev–Trinajstić information content (AvgIpc) is 3.53. The summed E-state index contributed by atoms with van der Waals surface area (Å²) in [5.74, 6) is 1.08. The molecule has 10 heteroatoms. The van der Waals surface area contributed by atoms with Crippen LogP contribution in [0.5, 0.6) is 0 Å². The fourth-order valence-corrected chi connectivity index (χ4v) is 5.90. The van der Waals surface area contributed by atoms with Crippen molar-refractivity contribution in [2.75, 3.05) is 62.7 Å². The zero-order valence-electron chi connectivity index (χ0n) is 21.3. The molecule has 0 aliphatic carbocycles. The standard InChI is InChI=1S/C27H32FN7O2/c1-18-12-34(25-5-4-21(9-29)35-27(25)24(28)11-31-35)17-23(37-18)15-32-13-20(14-32)19-3-6-26(30-10-19)33-8-7-22(16-33)36-2/h3-6,10-11,18,20,22-23H,7-8,12-17H2,1-2H3. The molecule has 3 fully saturated rings. The van der Waals surface area contributed by atoms with Gasteiger partial charge in [0.25, 0.3) is 0 Å². The SMILES string of the molecule is COC1CCN(c2ccc(C3CN(CC4CN(c5ccc(C#N)n6ncc(F)c56)CC(C)O4)C3)cn2)C1. The van der Waals surface area contributed by atoms with Gasteiger partial charge in [-0.15, -0.1) is 0 Å². The first kappa shape index (κ1) is 24.1. The summed E-state index contributed by atoms with van der Waals surface area (Å²) in [6, 6.07) is 9.94. The van der Waals surface area contributed by atoms with Gasteiger partial charge in [0.05, 0.1) is 30.2 Å².